The average Bonchev–Trinajstić information content (AvgIpc) is 2.28. The molecule has 0 spiro atoms. The highest BCUT2D eigenvalue weighted by molar-refractivity contribution is 7.80. The number of aromatic nitrogens is 1. The van der Waals surface area contributed by atoms with Gasteiger partial charge in [-0.15, -0.1) is 0 Å². The average molecular weight is 263 g/mol. The largest absolute Gasteiger partial charge is 0.389 e. The van der Waals surface area contributed by atoms with E-state index in [0.29, 0.717) is 11.0 Å². The molecule has 0 saturated heterocycles. The first-order valence-electron chi connectivity index (χ1n) is 6.62. The lowest BCUT2D eigenvalue weighted by Gasteiger charge is -2.25. The van der Waals surface area contributed by atoms with E-state index in [2.05, 4.69) is 16.4 Å². The molecule has 0 unspecified atom stereocenters. The summed E-state index contributed by atoms with van der Waals surface area (Å²) in [6.07, 6.45) is 6.44. The minimum atomic E-state index is 0.429. The van der Waals surface area contributed by atoms with Crippen LogP contribution in [-0.4, -0.2) is 16.0 Å². The Morgan fingerprint density at radius 2 is 2.00 bits per heavy atom. The van der Waals surface area contributed by atoms with Gasteiger partial charge >= 0.3 is 0 Å². The zero-order valence-electron chi connectivity index (χ0n) is 11.1. The first-order chi connectivity index (χ1) is 8.58. The first kappa shape index (κ1) is 13.3. The Bertz CT molecular complexity index is 451. The Kier molecular flexibility index (Phi) is 4.17. The van der Waals surface area contributed by atoms with Crippen LogP contribution in [0.25, 0.3) is 0 Å². The Labute approximate surface area is 114 Å². The van der Waals surface area contributed by atoms with Gasteiger partial charge in [0.05, 0.1) is 5.56 Å². The van der Waals surface area contributed by atoms with E-state index < -0.39 is 0 Å². The second kappa shape index (κ2) is 5.65. The van der Waals surface area contributed by atoms with Crippen LogP contribution < -0.4 is 11.1 Å². The number of hydrogen-bond acceptors (Lipinski definition) is 3. The zero-order valence-corrected chi connectivity index (χ0v) is 11.9. The van der Waals surface area contributed by atoms with E-state index in [1.807, 2.05) is 13.8 Å². The van der Waals surface area contributed by atoms with Gasteiger partial charge in [0, 0.05) is 23.1 Å². The van der Waals surface area contributed by atoms with Crippen molar-refractivity contribution < 1.29 is 0 Å². The lowest BCUT2D eigenvalue weighted by molar-refractivity contribution is 0.462. The number of nitrogens with one attached hydrogen (secondary N) is 1. The van der Waals surface area contributed by atoms with Crippen molar-refractivity contribution in [2.45, 2.75) is 52.0 Å². The highest BCUT2D eigenvalue weighted by atomic mass is 32.1. The normalized spacial score (nSPS) is 16.6. The summed E-state index contributed by atoms with van der Waals surface area (Å²) in [6, 6.07) is 2.60. The molecule has 1 heterocycles. The molecule has 1 saturated carbocycles. The molecular weight excluding hydrogens is 242 g/mol. The summed E-state index contributed by atoms with van der Waals surface area (Å²) in [5.74, 6) is 0. The fourth-order valence-electron chi connectivity index (χ4n) is 2.72. The predicted octanol–water partition coefficient (Wildman–Crippen LogP) is 3.08. The van der Waals surface area contributed by atoms with Gasteiger partial charge in [0.15, 0.2) is 0 Å². The second-order valence-corrected chi connectivity index (χ2v) is 5.55. The molecule has 3 nitrogen and oxygen atoms in total. The summed E-state index contributed by atoms with van der Waals surface area (Å²) < 4.78 is 0. The molecule has 0 amide bonds. The van der Waals surface area contributed by atoms with Crippen LogP contribution in [0.5, 0.6) is 0 Å². The lowest BCUT2D eigenvalue weighted by atomic mass is 9.95. The van der Waals surface area contributed by atoms with Crippen LogP contribution in [0.1, 0.15) is 49.1 Å². The molecule has 1 aromatic heterocycles. The van der Waals surface area contributed by atoms with E-state index in [0.717, 1.165) is 22.6 Å². The summed E-state index contributed by atoms with van der Waals surface area (Å²) in [7, 11) is 0. The number of nitrogens with zero attached hydrogens (tertiary/aromatic N) is 1. The van der Waals surface area contributed by atoms with Gasteiger partial charge in [-0.3, -0.25) is 4.98 Å². The molecular formula is C14H21N3S. The van der Waals surface area contributed by atoms with Crippen molar-refractivity contribution in [1.29, 1.82) is 0 Å². The number of rotatable bonds is 3. The number of anilines is 1. The zero-order chi connectivity index (χ0) is 13.1. The van der Waals surface area contributed by atoms with Gasteiger partial charge in [0.2, 0.25) is 0 Å². The van der Waals surface area contributed by atoms with Crippen molar-refractivity contribution in [2.24, 2.45) is 5.73 Å². The summed E-state index contributed by atoms with van der Waals surface area (Å²) in [5.41, 5.74) is 9.70. The Morgan fingerprint density at radius 1 is 1.33 bits per heavy atom. The third-order valence-corrected chi connectivity index (χ3v) is 3.74. The number of nitrogens with two attached hydrogens (primary N) is 1. The molecule has 18 heavy (non-hydrogen) atoms. The molecule has 0 radical (unpaired) electrons. The molecule has 1 aromatic rings. The molecule has 3 N–H and O–H groups in total. The van der Waals surface area contributed by atoms with Gasteiger partial charge in [-0.2, -0.15) is 0 Å². The summed E-state index contributed by atoms with van der Waals surface area (Å²) in [4.78, 5) is 4.87. The maximum atomic E-state index is 5.82. The molecule has 1 aliphatic carbocycles. The summed E-state index contributed by atoms with van der Waals surface area (Å²) in [6.45, 7) is 3.97. The van der Waals surface area contributed by atoms with Gasteiger partial charge in [-0.25, -0.2) is 0 Å². The number of aryl methyl sites for hydroxylation is 2. The van der Waals surface area contributed by atoms with Crippen LogP contribution in [0.15, 0.2) is 6.07 Å². The van der Waals surface area contributed by atoms with Crippen LogP contribution in [0, 0.1) is 13.8 Å². The van der Waals surface area contributed by atoms with Crippen LogP contribution >= 0.6 is 12.2 Å². The standard InChI is InChI=1S/C14H21N3S/c1-9-8-12(13(14(15)18)10(2)16-9)17-11-6-4-3-5-7-11/h8,11H,3-7H2,1-2H3,(H2,15,18)(H,16,17). The Balaban J connectivity index is 2.27. The van der Waals surface area contributed by atoms with E-state index in [1.54, 1.807) is 0 Å². The lowest BCUT2D eigenvalue weighted by Crippen LogP contribution is -2.25. The first-order valence-corrected chi connectivity index (χ1v) is 7.03. The van der Waals surface area contributed by atoms with Crippen LogP contribution in [0.3, 0.4) is 0 Å². The van der Waals surface area contributed by atoms with Gasteiger partial charge in [-0.05, 0) is 32.8 Å². The molecule has 0 bridgehead atoms. The third kappa shape index (κ3) is 2.99. The van der Waals surface area contributed by atoms with Gasteiger partial charge in [0.1, 0.15) is 4.99 Å². The smallest absolute Gasteiger partial charge is 0.107 e. The fraction of sp³-hybridized carbons (Fsp3) is 0.571. The number of thiocarbonyl (C=S) groups is 1. The minimum absolute atomic E-state index is 0.429. The monoisotopic (exact) mass is 263 g/mol. The van der Waals surface area contributed by atoms with Crippen LogP contribution in [0.4, 0.5) is 5.69 Å². The maximum Gasteiger partial charge on any atom is 0.107 e. The number of hydrogen-bond donors (Lipinski definition) is 2. The fourth-order valence-corrected chi connectivity index (χ4v) is 2.98. The topological polar surface area (TPSA) is 50.9 Å². The summed E-state index contributed by atoms with van der Waals surface area (Å²) >= 11 is 5.15. The van der Waals surface area contributed by atoms with E-state index in [1.165, 1.54) is 32.1 Å². The van der Waals surface area contributed by atoms with Gasteiger partial charge in [0.25, 0.3) is 0 Å². The molecule has 4 heteroatoms. The van der Waals surface area contributed by atoms with Crippen molar-refractivity contribution in [3.63, 3.8) is 0 Å². The highest BCUT2D eigenvalue weighted by Crippen LogP contribution is 2.25. The number of pyridine rings is 1. The van der Waals surface area contributed by atoms with Gasteiger partial charge < -0.3 is 11.1 Å². The summed E-state index contributed by atoms with van der Waals surface area (Å²) in [5, 5.41) is 3.60. The predicted molar refractivity (Wildman–Crippen MR) is 80.1 cm³/mol. The molecule has 0 atom stereocenters. The van der Waals surface area contributed by atoms with E-state index >= 15 is 0 Å². The molecule has 0 aliphatic heterocycles. The van der Waals surface area contributed by atoms with Crippen molar-refractivity contribution >= 4 is 22.9 Å². The minimum Gasteiger partial charge on any atom is -0.389 e. The van der Waals surface area contributed by atoms with Crippen molar-refractivity contribution in [2.75, 3.05) is 5.32 Å². The van der Waals surface area contributed by atoms with E-state index in [-0.39, 0.29) is 0 Å². The van der Waals surface area contributed by atoms with Crippen LogP contribution in [0.2, 0.25) is 0 Å². The molecule has 1 fully saturated rings. The second-order valence-electron chi connectivity index (χ2n) is 5.12. The molecule has 0 aromatic carbocycles. The Morgan fingerprint density at radius 3 is 2.61 bits per heavy atom. The third-order valence-electron chi connectivity index (χ3n) is 3.54. The molecule has 1 aliphatic rings. The Hall–Kier alpha value is -1.16. The van der Waals surface area contributed by atoms with Crippen molar-refractivity contribution in [1.82, 2.24) is 4.98 Å². The van der Waals surface area contributed by atoms with Crippen LogP contribution in [-0.2, 0) is 0 Å². The SMILES string of the molecule is Cc1cc(NC2CCCCC2)c(C(N)=S)c(C)n1. The van der Waals surface area contributed by atoms with Gasteiger partial charge in [-0.1, -0.05) is 31.5 Å². The van der Waals surface area contributed by atoms with Crippen molar-refractivity contribution in [3.05, 3.63) is 23.0 Å². The van der Waals surface area contributed by atoms with E-state index in [4.69, 9.17) is 18.0 Å². The maximum absolute atomic E-state index is 5.82. The highest BCUT2D eigenvalue weighted by Gasteiger charge is 2.17. The van der Waals surface area contributed by atoms with Crippen molar-refractivity contribution in [3.8, 4) is 0 Å². The van der Waals surface area contributed by atoms with E-state index in [9.17, 15) is 0 Å². The molecule has 2 rings (SSSR count). The molecule has 98 valence electrons. The quantitative estimate of drug-likeness (QED) is 0.823.